The number of hydrogen-bond donors (Lipinski definition) is 3. The van der Waals surface area contributed by atoms with Crippen LogP contribution >= 0.6 is 0 Å². The number of rotatable bonds is 6. The van der Waals surface area contributed by atoms with E-state index < -0.39 is 11.7 Å². The molecule has 0 saturated carbocycles. The average Bonchev–Trinajstić information content (AvgIpc) is 3.38. The number of nitrogens with zero attached hydrogens (tertiary/aromatic N) is 3. The molecule has 3 N–H and O–H groups in total. The summed E-state index contributed by atoms with van der Waals surface area (Å²) < 4.78 is 7.05. The van der Waals surface area contributed by atoms with E-state index in [2.05, 4.69) is 21.0 Å². The summed E-state index contributed by atoms with van der Waals surface area (Å²) >= 11 is 0. The van der Waals surface area contributed by atoms with Crippen molar-refractivity contribution < 1.29 is 14.3 Å². The van der Waals surface area contributed by atoms with Gasteiger partial charge < -0.3 is 15.4 Å². The molecule has 0 saturated heterocycles. The van der Waals surface area contributed by atoms with E-state index in [0.717, 1.165) is 39.3 Å². The van der Waals surface area contributed by atoms with Gasteiger partial charge in [-0.1, -0.05) is 36.4 Å². The Morgan fingerprint density at radius 1 is 0.775 bits per heavy atom. The van der Waals surface area contributed by atoms with E-state index in [0.29, 0.717) is 11.6 Å². The van der Waals surface area contributed by atoms with Crippen molar-refractivity contribution in [2.45, 2.75) is 33.3 Å². The smallest absolute Gasteiger partial charge is 0.412 e. The number of carbonyl (C=O) groups excluding carboxylic acids is 2. The number of ether oxygens (including phenoxy) is 1. The Labute approximate surface area is 232 Å². The normalized spacial score (nSPS) is 11.2. The molecule has 2 aromatic heterocycles. The summed E-state index contributed by atoms with van der Waals surface area (Å²) in [6.07, 6.45) is 1.22. The predicted molar refractivity (Wildman–Crippen MR) is 158 cm³/mol. The summed E-state index contributed by atoms with van der Waals surface area (Å²) in [5.41, 5.74) is 6.25. The maximum absolute atomic E-state index is 12.1. The maximum Gasteiger partial charge on any atom is 0.412 e. The van der Waals surface area contributed by atoms with Gasteiger partial charge in [-0.2, -0.15) is 5.10 Å². The Morgan fingerprint density at radius 2 is 1.48 bits per heavy atom. The summed E-state index contributed by atoms with van der Waals surface area (Å²) in [4.78, 5) is 28.3. The quantitative estimate of drug-likeness (QED) is 0.214. The number of amides is 2. The summed E-state index contributed by atoms with van der Waals surface area (Å²) in [6.45, 7) is 6.95. The molecule has 3 aromatic carbocycles. The Morgan fingerprint density at radius 3 is 2.17 bits per heavy atom. The Kier molecular flexibility index (Phi) is 7.20. The number of carbonyl (C=O) groups is 2. The van der Waals surface area contributed by atoms with Crippen LogP contribution in [0.4, 0.5) is 27.8 Å². The van der Waals surface area contributed by atoms with Gasteiger partial charge in [0, 0.05) is 29.5 Å². The second kappa shape index (κ2) is 10.9. The van der Waals surface area contributed by atoms with E-state index in [4.69, 9.17) is 9.72 Å². The molecule has 9 heteroatoms. The summed E-state index contributed by atoms with van der Waals surface area (Å²) in [5, 5.41) is 13.3. The number of anilines is 4. The molecule has 202 valence electrons. The van der Waals surface area contributed by atoms with Gasteiger partial charge in [-0.15, -0.1) is 0 Å². The molecule has 2 heterocycles. The Hall–Kier alpha value is -5.18. The molecule has 0 unspecified atom stereocenters. The average molecular weight is 535 g/mol. The highest BCUT2D eigenvalue weighted by molar-refractivity contribution is 5.89. The second-order valence-electron chi connectivity index (χ2n) is 10.3. The molecule has 5 aromatic rings. The Bertz CT molecular complexity index is 1670. The minimum atomic E-state index is -0.573. The van der Waals surface area contributed by atoms with Crippen molar-refractivity contribution in [2.75, 3.05) is 16.0 Å². The van der Waals surface area contributed by atoms with Crippen molar-refractivity contribution in [1.82, 2.24) is 14.6 Å². The minimum Gasteiger partial charge on any atom is -0.444 e. The van der Waals surface area contributed by atoms with Crippen LogP contribution in [0.1, 0.15) is 27.7 Å². The lowest BCUT2D eigenvalue weighted by Crippen LogP contribution is -2.27. The van der Waals surface area contributed by atoms with Crippen LogP contribution in [0.2, 0.25) is 0 Å². The number of fused-ring (bicyclic) bond motifs is 1. The molecule has 0 fully saturated rings. The standard InChI is InChI=1S/C31H30N6O3/c1-20(38)33-26-7-5-6-23(18-26)21-8-10-22(11-9-21)28-19-27-16-17-32-37(27)29(36-28)34-24-12-14-25(15-13-24)35-30(39)40-31(2,3)4/h5-19H,1-4H3,(H,33,38)(H,34,36)(H,35,39). The van der Waals surface area contributed by atoms with Crippen molar-refractivity contribution in [2.24, 2.45) is 0 Å². The van der Waals surface area contributed by atoms with Gasteiger partial charge in [0.1, 0.15) is 5.60 Å². The van der Waals surface area contributed by atoms with Crippen molar-refractivity contribution in [1.29, 1.82) is 0 Å². The highest BCUT2D eigenvalue weighted by Crippen LogP contribution is 2.28. The van der Waals surface area contributed by atoms with Crippen molar-refractivity contribution in [3.63, 3.8) is 0 Å². The number of benzene rings is 3. The van der Waals surface area contributed by atoms with Gasteiger partial charge in [0.2, 0.25) is 11.9 Å². The van der Waals surface area contributed by atoms with Gasteiger partial charge in [-0.3, -0.25) is 10.1 Å². The van der Waals surface area contributed by atoms with Crippen molar-refractivity contribution in [3.05, 3.63) is 91.1 Å². The molecule has 9 nitrogen and oxygen atoms in total. The van der Waals surface area contributed by atoms with E-state index in [-0.39, 0.29) is 5.91 Å². The van der Waals surface area contributed by atoms with Gasteiger partial charge in [0.25, 0.3) is 0 Å². The van der Waals surface area contributed by atoms with Gasteiger partial charge >= 0.3 is 6.09 Å². The maximum atomic E-state index is 12.1. The van der Waals surface area contributed by atoms with Crippen molar-refractivity contribution >= 4 is 40.5 Å². The molecule has 0 aliphatic rings. The Balaban J connectivity index is 1.36. The van der Waals surface area contributed by atoms with Crippen molar-refractivity contribution in [3.8, 4) is 22.4 Å². The van der Waals surface area contributed by atoms with Gasteiger partial charge in [-0.25, -0.2) is 14.3 Å². The topological polar surface area (TPSA) is 110 Å². The fraction of sp³-hybridized carbons (Fsp3) is 0.161. The first-order valence-electron chi connectivity index (χ1n) is 12.8. The lowest BCUT2D eigenvalue weighted by molar-refractivity contribution is -0.114. The highest BCUT2D eigenvalue weighted by Gasteiger charge is 2.16. The molecule has 5 rings (SSSR count). The zero-order valence-corrected chi connectivity index (χ0v) is 22.7. The lowest BCUT2D eigenvalue weighted by Gasteiger charge is -2.19. The largest absolute Gasteiger partial charge is 0.444 e. The molecule has 0 spiro atoms. The van der Waals surface area contributed by atoms with Gasteiger partial charge in [0.05, 0.1) is 17.4 Å². The third-order valence-electron chi connectivity index (χ3n) is 5.87. The van der Waals surface area contributed by atoms with Crippen LogP contribution in [-0.2, 0) is 9.53 Å². The number of nitrogens with one attached hydrogen (secondary N) is 3. The third-order valence-corrected chi connectivity index (χ3v) is 5.87. The van der Waals surface area contributed by atoms with Crippen LogP contribution in [0, 0.1) is 0 Å². The van der Waals surface area contributed by atoms with E-state index in [1.165, 1.54) is 6.92 Å². The molecular formula is C31H30N6O3. The summed E-state index contributed by atoms with van der Waals surface area (Å²) in [6, 6.07) is 27.0. The SMILES string of the molecule is CC(=O)Nc1cccc(-c2ccc(-c3cc4ccnn4c(Nc4ccc(NC(=O)OC(C)(C)C)cc4)n3)cc2)c1. The molecule has 0 aliphatic carbocycles. The lowest BCUT2D eigenvalue weighted by atomic mass is 10.0. The number of hydrogen-bond acceptors (Lipinski definition) is 6. The van der Waals surface area contributed by atoms with Crippen LogP contribution in [-0.4, -0.2) is 32.2 Å². The monoisotopic (exact) mass is 534 g/mol. The van der Waals surface area contributed by atoms with Crippen LogP contribution in [0.25, 0.3) is 27.9 Å². The van der Waals surface area contributed by atoms with Gasteiger partial charge in [-0.05, 0) is 80.4 Å². The molecule has 0 radical (unpaired) electrons. The molecule has 2 amide bonds. The first-order chi connectivity index (χ1) is 19.1. The van der Waals surface area contributed by atoms with Crippen LogP contribution in [0.5, 0.6) is 0 Å². The van der Waals surface area contributed by atoms with E-state index in [1.54, 1.807) is 22.8 Å². The first kappa shape index (κ1) is 26.4. The van der Waals surface area contributed by atoms with Gasteiger partial charge in [0.15, 0.2) is 0 Å². The van der Waals surface area contributed by atoms with E-state index in [1.807, 2.05) is 93.6 Å². The minimum absolute atomic E-state index is 0.105. The third kappa shape index (κ3) is 6.44. The molecule has 0 bridgehead atoms. The zero-order valence-electron chi connectivity index (χ0n) is 22.7. The van der Waals surface area contributed by atoms with E-state index in [9.17, 15) is 9.59 Å². The summed E-state index contributed by atoms with van der Waals surface area (Å²) in [7, 11) is 0. The fourth-order valence-electron chi connectivity index (χ4n) is 4.16. The zero-order chi connectivity index (χ0) is 28.3. The first-order valence-corrected chi connectivity index (χ1v) is 12.8. The highest BCUT2D eigenvalue weighted by atomic mass is 16.6. The van der Waals surface area contributed by atoms with E-state index >= 15 is 0 Å². The van der Waals surface area contributed by atoms with Crippen LogP contribution < -0.4 is 16.0 Å². The molecule has 0 atom stereocenters. The van der Waals surface area contributed by atoms with Crippen LogP contribution in [0.3, 0.4) is 0 Å². The predicted octanol–water partition coefficient (Wildman–Crippen LogP) is 7.11. The molecular weight excluding hydrogens is 504 g/mol. The van der Waals surface area contributed by atoms with Crippen LogP contribution in [0.15, 0.2) is 91.1 Å². The summed E-state index contributed by atoms with van der Waals surface area (Å²) in [5.74, 6) is 0.448. The second-order valence-corrected chi connectivity index (χ2v) is 10.3. The fourth-order valence-corrected chi connectivity index (χ4v) is 4.16. The molecule has 40 heavy (non-hydrogen) atoms. The molecule has 0 aliphatic heterocycles. The number of aromatic nitrogens is 3.